The molecular formula is C42H52N2O9. The standard InChI is InChI=1S/C23H29NO4.C19H23NO5/c1-14-12-15(2)20-17(13-14)9-7-11-19-21(28-23(4,5)27-19)18(25)10-6-8-16(3)24-22(20)26;1-11-9-13-6-4-8-15(22)18(24)14(21)7-3-5-12(2)20-19(25)17(13)16(23)10-11/h6-7,9-10,12-13,16,19,21H,8,11H2,1-5H3,(H,24,26);3-4,6-7,9-10,12,15,18,22-24H,5,8H2,1-2H3,(H,20,25)/b9-7+,10-6-;6-4+,7-3-/t16?,19-,21+;12?,15-,18+/m00/s1. The lowest BCUT2D eigenvalue weighted by atomic mass is 9.96. The molecule has 11 heteroatoms. The molecule has 6 atom stereocenters. The molecule has 3 aliphatic heterocycles. The molecule has 3 heterocycles. The molecule has 1 saturated heterocycles. The minimum atomic E-state index is -1.50. The minimum Gasteiger partial charge on any atom is -0.507 e. The van der Waals surface area contributed by atoms with E-state index in [4.69, 9.17) is 9.47 Å². The van der Waals surface area contributed by atoms with Crippen LogP contribution in [-0.2, 0) is 19.1 Å². The number of ether oxygens (including phenoxy) is 2. The van der Waals surface area contributed by atoms with Crippen LogP contribution in [0.2, 0.25) is 0 Å². The molecule has 0 radical (unpaired) electrons. The highest BCUT2D eigenvalue weighted by Gasteiger charge is 2.43. The topological polar surface area (TPSA) is 171 Å². The van der Waals surface area contributed by atoms with Crippen molar-refractivity contribution in [3.05, 3.63) is 99.7 Å². The Balaban J connectivity index is 0.000000238. The van der Waals surface area contributed by atoms with Crippen LogP contribution in [0.1, 0.15) is 102 Å². The van der Waals surface area contributed by atoms with Crippen molar-refractivity contribution < 1.29 is 44.0 Å². The Morgan fingerprint density at radius 2 is 1.17 bits per heavy atom. The van der Waals surface area contributed by atoms with Crippen molar-refractivity contribution in [1.29, 1.82) is 0 Å². The molecule has 2 amide bonds. The largest absolute Gasteiger partial charge is 0.507 e. The monoisotopic (exact) mass is 728 g/mol. The summed E-state index contributed by atoms with van der Waals surface area (Å²) in [7, 11) is 0. The van der Waals surface area contributed by atoms with Gasteiger partial charge in [-0.15, -0.1) is 0 Å². The zero-order chi connectivity index (χ0) is 39.0. The Kier molecular flexibility index (Phi) is 13.9. The first-order chi connectivity index (χ1) is 25.0. The fourth-order valence-electron chi connectivity index (χ4n) is 6.53. The third-order valence-corrected chi connectivity index (χ3v) is 9.02. The second kappa shape index (κ2) is 17.9. The predicted octanol–water partition coefficient (Wildman–Crippen LogP) is 5.35. The maximum atomic E-state index is 12.9. The first-order valence-electron chi connectivity index (χ1n) is 18.0. The normalized spacial score (nSPS) is 28.9. The Hall–Kier alpha value is -4.68. The second-order valence-electron chi connectivity index (χ2n) is 14.5. The number of phenolic OH excluding ortho intramolecular Hbond substituents is 1. The third kappa shape index (κ3) is 11.2. The number of hydrogen-bond donors (Lipinski definition) is 5. The fourth-order valence-corrected chi connectivity index (χ4v) is 6.53. The summed E-state index contributed by atoms with van der Waals surface area (Å²) in [6.45, 7) is 13.1. The van der Waals surface area contributed by atoms with Gasteiger partial charge in [0, 0.05) is 17.6 Å². The zero-order valence-corrected chi connectivity index (χ0v) is 31.5. The van der Waals surface area contributed by atoms with Gasteiger partial charge in [0.05, 0.1) is 17.8 Å². The lowest BCUT2D eigenvalue weighted by Crippen LogP contribution is -2.34. The molecule has 0 saturated carbocycles. The molecule has 2 unspecified atom stereocenters. The van der Waals surface area contributed by atoms with Gasteiger partial charge >= 0.3 is 0 Å². The molecule has 2 aromatic carbocycles. The van der Waals surface area contributed by atoms with Crippen molar-refractivity contribution in [1.82, 2.24) is 10.6 Å². The SMILES string of the molecule is Cc1cc(C)c2c(c1)/C=C/C[C@@H]1OC(C)(C)O[C@@H]1C(=O)/C=C\CC(C)NC2=O.Cc1cc(O)c2c(c1)/C=C/C[C@H](O)[C@H](O)C(=O)/C=C\CC(C)NC2=O. The number of rotatable bonds is 0. The highest BCUT2D eigenvalue weighted by molar-refractivity contribution is 6.01. The van der Waals surface area contributed by atoms with Crippen molar-refractivity contribution in [2.45, 2.75) is 116 Å². The maximum Gasteiger partial charge on any atom is 0.255 e. The van der Waals surface area contributed by atoms with Crippen LogP contribution in [0.25, 0.3) is 12.2 Å². The molecule has 2 aromatic rings. The summed E-state index contributed by atoms with van der Waals surface area (Å²) in [6.07, 6.45) is 10.9. The van der Waals surface area contributed by atoms with Crippen LogP contribution < -0.4 is 10.6 Å². The number of phenols is 1. The average molecular weight is 729 g/mol. The molecule has 0 bridgehead atoms. The molecule has 0 aromatic heterocycles. The van der Waals surface area contributed by atoms with Gasteiger partial charge in [-0.1, -0.05) is 60.2 Å². The Labute approximate surface area is 311 Å². The highest BCUT2D eigenvalue weighted by atomic mass is 16.8. The van der Waals surface area contributed by atoms with E-state index in [2.05, 4.69) is 10.6 Å². The van der Waals surface area contributed by atoms with E-state index >= 15 is 0 Å². The molecule has 11 nitrogen and oxygen atoms in total. The number of aryl methyl sites for hydroxylation is 3. The van der Waals surface area contributed by atoms with E-state index in [0.29, 0.717) is 30.4 Å². The van der Waals surface area contributed by atoms with E-state index in [1.165, 1.54) is 12.1 Å². The van der Waals surface area contributed by atoms with Crippen LogP contribution in [0.5, 0.6) is 5.75 Å². The number of amides is 2. The smallest absolute Gasteiger partial charge is 0.255 e. The van der Waals surface area contributed by atoms with Crippen LogP contribution in [0, 0.1) is 20.8 Å². The number of ketones is 2. The van der Waals surface area contributed by atoms with Gasteiger partial charge in [-0.25, -0.2) is 0 Å². The Morgan fingerprint density at radius 1 is 0.660 bits per heavy atom. The number of carbonyl (C=O) groups excluding carboxylic acids is 4. The summed E-state index contributed by atoms with van der Waals surface area (Å²) < 4.78 is 11.8. The number of aliphatic hydroxyl groups excluding tert-OH is 2. The summed E-state index contributed by atoms with van der Waals surface area (Å²) in [4.78, 5) is 49.8. The molecule has 0 spiro atoms. The van der Waals surface area contributed by atoms with Gasteiger partial charge in [-0.3, -0.25) is 19.2 Å². The average Bonchev–Trinajstić information content (AvgIpc) is 3.37. The van der Waals surface area contributed by atoms with Crippen molar-refractivity contribution in [2.75, 3.05) is 0 Å². The summed E-state index contributed by atoms with van der Waals surface area (Å²) in [5.74, 6) is -2.11. The van der Waals surface area contributed by atoms with Gasteiger partial charge in [-0.05, 0) is 115 Å². The fraction of sp³-hybridized carbons (Fsp3) is 0.429. The van der Waals surface area contributed by atoms with E-state index in [-0.39, 0.29) is 47.6 Å². The quantitative estimate of drug-likeness (QED) is 0.240. The van der Waals surface area contributed by atoms with Crippen molar-refractivity contribution in [2.24, 2.45) is 0 Å². The van der Waals surface area contributed by atoms with Crippen molar-refractivity contribution in [3.8, 4) is 5.75 Å². The van der Waals surface area contributed by atoms with Gasteiger partial charge in [0.25, 0.3) is 11.8 Å². The third-order valence-electron chi connectivity index (χ3n) is 9.02. The van der Waals surface area contributed by atoms with Gasteiger partial charge in [0.2, 0.25) is 0 Å². The van der Waals surface area contributed by atoms with Crippen LogP contribution in [-0.4, -0.2) is 81.0 Å². The number of aromatic hydroxyl groups is 1. The van der Waals surface area contributed by atoms with Gasteiger partial charge < -0.3 is 35.4 Å². The number of aliphatic hydroxyl groups is 2. The van der Waals surface area contributed by atoms with Gasteiger partial charge in [-0.2, -0.15) is 0 Å². The van der Waals surface area contributed by atoms with Crippen molar-refractivity contribution in [3.63, 3.8) is 0 Å². The molecule has 1 fully saturated rings. The minimum absolute atomic E-state index is 0.0346. The first kappa shape index (κ1) is 41.1. The van der Waals surface area contributed by atoms with Crippen LogP contribution >= 0.6 is 0 Å². The lowest BCUT2D eigenvalue weighted by Gasteiger charge is -2.17. The molecule has 0 aliphatic carbocycles. The zero-order valence-electron chi connectivity index (χ0n) is 31.5. The number of carbonyl (C=O) groups is 4. The van der Waals surface area contributed by atoms with Crippen LogP contribution in [0.4, 0.5) is 0 Å². The Morgan fingerprint density at radius 3 is 1.79 bits per heavy atom. The van der Waals surface area contributed by atoms with E-state index in [9.17, 15) is 34.5 Å². The Bertz CT molecular complexity index is 1820. The van der Waals surface area contributed by atoms with Crippen molar-refractivity contribution >= 4 is 35.5 Å². The molecular weight excluding hydrogens is 676 g/mol. The van der Waals surface area contributed by atoms with E-state index in [1.807, 2.05) is 58.9 Å². The van der Waals surface area contributed by atoms with Gasteiger partial charge in [0.15, 0.2) is 17.4 Å². The molecule has 5 N–H and O–H groups in total. The lowest BCUT2D eigenvalue weighted by molar-refractivity contribution is -0.152. The van der Waals surface area contributed by atoms with E-state index < -0.39 is 35.8 Å². The summed E-state index contributed by atoms with van der Waals surface area (Å²) in [5.41, 5.74) is 5.04. The van der Waals surface area contributed by atoms with E-state index in [0.717, 1.165) is 22.3 Å². The van der Waals surface area contributed by atoms with Gasteiger partial charge in [0.1, 0.15) is 18.0 Å². The maximum absolute atomic E-state index is 12.9. The predicted molar refractivity (Wildman–Crippen MR) is 203 cm³/mol. The van der Waals surface area contributed by atoms with E-state index in [1.54, 1.807) is 50.3 Å². The molecule has 284 valence electrons. The molecule has 3 aliphatic rings. The number of fused-ring (bicyclic) bond motifs is 3. The summed E-state index contributed by atoms with van der Waals surface area (Å²) in [5, 5.41) is 35.8. The summed E-state index contributed by atoms with van der Waals surface area (Å²) in [6, 6.07) is 6.91. The highest BCUT2D eigenvalue weighted by Crippen LogP contribution is 2.32. The number of hydrogen-bond acceptors (Lipinski definition) is 9. The van der Waals surface area contributed by atoms with Crippen LogP contribution in [0.15, 0.2) is 60.7 Å². The van der Waals surface area contributed by atoms with Crippen LogP contribution in [0.3, 0.4) is 0 Å². The molecule has 53 heavy (non-hydrogen) atoms. The summed E-state index contributed by atoms with van der Waals surface area (Å²) >= 11 is 0. The number of nitrogens with one attached hydrogen (secondary N) is 2. The second-order valence-corrected chi connectivity index (χ2v) is 14.5. The number of benzene rings is 2. The molecule has 5 rings (SSSR count). The first-order valence-corrected chi connectivity index (χ1v) is 18.0.